The molecular formula is C16H24N2O2. The average Bonchev–Trinajstić information content (AvgIpc) is 2.98. The largest absolute Gasteiger partial charge is 0.497 e. The Labute approximate surface area is 120 Å². The van der Waals surface area contributed by atoms with Crippen molar-refractivity contribution in [2.45, 2.75) is 31.1 Å². The highest BCUT2D eigenvalue weighted by atomic mass is 16.5. The van der Waals surface area contributed by atoms with E-state index in [4.69, 9.17) is 4.74 Å². The topological polar surface area (TPSA) is 50.4 Å². The summed E-state index contributed by atoms with van der Waals surface area (Å²) in [5, 5.41) is 6.11. The molecule has 0 unspecified atom stereocenters. The van der Waals surface area contributed by atoms with Crippen molar-refractivity contribution in [2.24, 2.45) is 0 Å². The molecule has 0 heterocycles. The van der Waals surface area contributed by atoms with E-state index in [0.717, 1.165) is 43.5 Å². The quantitative estimate of drug-likeness (QED) is 0.780. The van der Waals surface area contributed by atoms with Crippen LogP contribution in [0.1, 0.15) is 31.2 Å². The minimum absolute atomic E-state index is 0.151. The van der Waals surface area contributed by atoms with Crippen LogP contribution in [0.15, 0.2) is 24.3 Å². The molecular weight excluding hydrogens is 252 g/mol. The van der Waals surface area contributed by atoms with E-state index in [2.05, 4.69) is 10.6 Å². The summed E-state index contributed by atoms with van der Waals surface area (Å²) >= 11 is 0. The first kappa shape index (κ1) is 14.9. The van der Waals surface area contributed by atoms with E-state index in [9.17, 15) is 4.79 Å². The molecule has 1 fully saturated rings. The molecule has 2 rings (SSSR count). The molecule has 1 saturated carbocycles. The first-order valence-corrected chi connectivity index (χ1v) is 7.30. The molecule has 0 radical (unpaired) electrons. The number of likely N-dealkylation sites (N-methyl/N-ethyl adjacent to an activating group) is 1. The van der Waals surface area contributed by atoms with Gasteiger partial charge in [0.05, 0.1) is 12.5 Å². The Kier molecular flexibility index (Phi) is 5.01. The van der Waals surface area contributed by atoms with Gasteiger partial charge in [-0.15, -0.1) is 0 Å². The van der Waals surface area contributed by atoms with Gasteiger partial charge in [-0.1, -0.05) is 25.0 Å². The van der Waals surface area contributed by atoms with E-state index in [-0.39, 0.29) is 11.3 Å². The van der Waals surface area contributed by atoms with Gasteiger partial charge in [-0.3, -0.25) is 4.79 Å². The zero-order chi connectivity index (χ0) is 14.4. The van der Waals surface area contributed by atoms with Gasteiger partial charge in [0.2, 0.25) is 5.91 Å². The second kappa shape index (κ2) is 6.75. The Hall–Kier alpha value is -1.55. The first-order valence-electron chi connectivity index (χ1n) is 7.30. The third-order valence-corrected chi connectivity index (χ3v) is 4.17. The maximum Gasteiger partial charge on any atom is 0.230 e. The van der Waals surface area contributed by atoms with Crippen LogP contribution in [0.5, 0.6) is 5.75 Å². The number of amides is 1. The van der Waals surface area contributed by atoms with Gasteiger partial charge in [0, 0.05) is 13.1 Å². The van der Waals surface area contributed by atoms with Crippen LogP contribution in [0, 0.1) is 0 Å². The Morgan fingerprint density at radius 2 is 2.05 bits per heavy atom. The fourth-order valence-electron chi connectivity index (χ4n) is 3.02. The van der Waals surface area contributed by atoms with Crippen LogP contribution < -0.4 is 15.4 Å². The number of nitrogens with one attached hydrogen (secondary N) is 2. The molecule has 1 amide bonds. The Balaban J connectivity index is 2.22. The molecule has 0 aromatic heterocycles. The monoisotopic (exact) mass is 276 g/mol. The van der Waals surface area contributed by atoms with Crippen LogP contribution >= 0.6 is 0 Å². The standard InChI is InChI=1S/C16H24N2O2/c1-17-10-11-18-15(19)16(8-3-4-9-16)13-6-5-7-14(12-13)20-2/h5-7,12,17H,3-4,8-11H2,1-2H3,(H,18,19). The second-order valence-electron chi connectivity index (χ2n) is 5.38. The van der Waals surface area contributed by atoms with Gasteiger partial charge in [0.25, 0.3) is 0 Å². The molecule has 1 aliphatic carbocycles. The molecule has 4 nitrogen and oxygen atoms in total. The summed E-state index contributed by atoms with van der Waals surface area (Å²) in [5.74, 6) is 0.968. The van der Waals surface area contributed by atoms with Crippen LogP contribution in [-0.4, -0.2) is 33.2 Å². The van der Waals surface area contributed by atoms with Crippen molar-refractivity contribution in [1.82, 2.24) is 10.6 Å². The second-order valence-corrected chi connectivity index (χ2v) is 5.38. The van der Waals surface area contributed by atoms with E-state index in [0.29, 0.717) is 6.54 Å². The van der Waals surface area contributed by atoms with E-state index in [1.54, 1.807) is 7.11 Å². The number of carbonyl (C=O) groups is 1. The minimum atomic E-state index is -0.373. The molecule has 0 saturated heterocycles. The Morgan fingerprint density at radius 3 is 2.70 bits per heavy atom. The molecule has 2 N–H and O–H groups in total. The van der Waals surface area contributed by atoms with Crippen LogP contribution in [-0.2, 0) is 10.2 Å². The molecule has 4 heteroatoms. The van der Waals surface area contributed by atoms with Crippen molar-refractivity contribution >= 4 is 5.91 Å². The predicted octanol–water partition coefficient (Wildman–Crippen LogP) is 1.84. The lowest BCUT2D eigenvalue weighted by molar-refractivity contribution is -0.126. The fraction of sp³-hybridized carbons (Fsp3) is 0.562. The molecule has 0 aliphatic heterocycles. The van der Waals surface area contributed by atoms with E-state index >= 15 is 0 Å². The predicted molar refractivity (Wildman–Crippen MR) is 80.1 cm³/mol. The molecule has 0 bridgehead atoms. The Morgan fingerprint density at radius 1 is 1.30 bits per heavy atom. The molecule has 1 aliphatic rings. The van der Waals surface area contributed by atoms with Gasteiger partial charge in [0.15, 0.2) is 0 Å². The number of hydrogen-bond acceptors (Lipinski definition) is 3. The molecule has 1 aromatic rings. The van der Waals surface area contributed by atoms with Gasteiger partial charge in [0.1, 0.15) is 5.75 Å². The summed E-state index contributed by atoms with van der Waals surface area (Å²) in [6.07, 6.45) is 4.06. The van der Waals surface area contributed by atoms with Crippen molar-refractivity contribution in [3.05, 3.63) is 29.8 Å². The summed E-state index contributed by atoms with van der Waals surface area (Å²) in [6, 6.07) is 7.94. The Bertz CT molecular complexity index is 454. The summed E-state index contributed by atoms with van der Waals surface area (Å²) in [4.78, 5) is 12.7. The van der Waals surface area contributed by atoms with Gasteiger partial charge in [-0.2, -0.15) is 0 Å². The number of carbonyl (C=O) groups excluding carboxylic acids is 1. The number of benzene rings is 1. The molecule has 0 atom stereocenters. The van der Waals surface area contributed by atoms with E-state index in [1.165, 1.54) is 0 Å². The maximum atomic E-state index is 12.7. The fourth-order valence-corrected chi connectivity index (χ4v) is 3.02. The van der Waals surface area contributed by atoms with Crippen molar-refractivity contribution in [2.75, 3.05) is 27.2 Å². The van der Waals surface area contributed by atoms with Gasteiger partial charge in [-0.05, 0) is 37.6 Å². The summed E-state index contributed by atoms with van der Waals surface area (Å²) < 4.78 is 5.30. The smallest absolute Gasteiger partial charge is 0.230 e. The normalized spacial score (nSPS) is 16.9. The molecule has 0 spiro atoms. The SMILES string of the molecule is CNCCNC(=O)C1(c2cccc(OC)c2)CCCC1. The summed E-state index contributed by atoms with van der Waals surface area (Å²) in [5.41, 5.74) is 0.707. The van der Waals surface area contributed by atoms with Gasteiger partial charge >= 0.3 is 0 Å². The van der Waals surface area contributed by atoms with Crippen LogP contribution in [0.4, 0.5) is 0 Å². The lowest BCUT2D eigenvalue weighted by Crippen LogP contribution is -2.44. The number of methoxy groups -OCH3 is 1. The molecule has 110 valence electrons. The average molecular weight is 276 g/mol. The lowest BCUT2D eigenvalue weighted by atomic mass is 9.78. The number of hydrogen-bond donors (Lipinski definition) is 2. The van der Waals surface area contributed by atoms with Crippen LogP contribution in [0.25, 0.3) is 0 Å². The van der Waals surface area contributed by atoms with Crippen molar-refractivity contribution in [1.29, 1.82) is 0 Å². The minimum Gasteiger partial charge on any atom is -0.497 e. The van der Waals surface area contributed by atoms with Gasteiger partial charge in [-0.25, -0.2) is 0 Å². The van der Waals surface area contributed by atoms with Gasteiger partial charge < -0.3 is 15.4 Å². The highest BCUT2D eigenvalue weighted by Gasteiger charge is 2.42. The summed E-state index contributed by atoms with van der Waals surface area (Å²) in [6.45, 7) is 1.46. The zero-order valence-corrected chi connectivity index (χ0v) is 12.4. The zero-order valence-electron chi connectivity index (χ0n) is 12.4. The van der Waals surface area contributed by atoms with Crippen molar-refractivity contribution < 1.29 is 9.53 Å². The highest BCUT2D eigenvalue weighted by Crippen LogP contribution is 2.42. The summed E-state index contributed by atoms with van der Waals surface area (Å²) in [7, 11) is 3.55. The number of ether oxygens (including phenoxy) is 1. The van der Waals surface area contributed by atoms with Crippen LogP contribution in [0.3, 0.4) is 0 Å². The maximum absolute atomic E-state index is 12.7. The van der Waals surface area contributed by atoms with E-state index in [1.807, 2.05) is 31.3 Å². The molecule has 20 heavy (non-hydrogen) atoms. The lowest BCUT2D eigenvalue weighted by Gasteiger charge is -2.28. The highest BCUT2D eigenvalue weighted by molar-refractivity contribution is 5.88. The first-order chi connectivity index (χ1) is 9.73. The molecule has 1 aromatic carbocycles. The third-order valence-electron chi connectivity index (χ3n) is 4.17. The van der Waals surface area contributed by atoms with Crippen molar-refractivity contribution in [3.8, 4) is 5.75 Å². The van der Waals surface area contributed by atoms with Crippen molar-refractivity contribution in [3.63, 3.8) is 0 Å². The number of rotatable bonds is 6. The van der Waals surface area contributed by atoms with Crippen LogP contribution in [0.2, 0.25) is 0 Å². The van der Waals surface area contributed by atoms with E-state index < -0.39 is 0 Å². The third kappa shape index (κ3) is 2.96.